The summed E-state index contributed by atoms with van der Waals surface area (Å²) >= 11 is 0. The Balaban J connectivity index is 2.55. The largest absolute Gasteiger partial charge is 0.338 e. The Kier molecular flexibility index (Phi) is 3.42. The van der Waals surface area contributed by atoms with E-state index in [1.54, 1.807) is 6.92 Å². The molecule has 0 bridgehead atoms. The van der Waals surface area contributed by atoms with Gasteiger partial charge in [0, 0.05) is 7.05 Å². The van der Waals surface area contributed by atoms with E-state index in [-0.39, 0.29) is 5.91 Å². The smallest absolute Gasteiger partial charge is 0.255 e. The van der Waals surface area contributed by atoms with Crippen LogP contribution in [0.2, 0.25) is 0 Å². The highest BCUT2D eigenvalue weighted by atomic mass is 19.3. The molecular formula is C9H16F2N2O. The van der Waals surface area contributed by atoms with Crippen LogP contribution in [0.15, 0.2) is 0 Å². The predicted molar refractivity (Wildman–Crippen MR) is 49.3 cm³/mol. The van der Waals surface area contributed by atoms with Crippen LogP contribution in [-0.2, 0) is 4.79 Å². The zero-order chi connectivity index (χ0) is 10.8. The van der Waals surface area contributed by atoms with Crippen molar-refractivity contribution in [1.82, 2.24) is 10.2 Å². The van der Waals surface area contributed by atoms with Crippen molar-refractivity contribution >= 4 is 5.91 Å². The Bertz CT molecular complexity index is 215. The van der Waals surface area contributed by atoms with Crippen LogP contribution >= 0.6 is 0 Å². The topological polar surface area (TPSA) is 32.3 Å². The molecular weight excluding hydrogens is 190 g/mol. The van der Waals surface area contributed by atoms with Gasteiger partial charge in [-0.15, -0.1) is 0 Å². The Labute approximate surface area is 82.5 Å². The molecule has 1 aliphatic heterocycles. The molecule has 1 N–H and O–H groups in total. The molecule has 82 valence electrons. The zero-order valence-corrected chi connectivity index (χ0v) is 8.52. The summed E-state index contributed by atoms with van der Waals surface area (Å²) in [6.45, 7) is 2.06. The molecule has 0 spiro atoms. The van der Waals surface area contributed by atoms with E-state index in [2.05, 4.69) is 5.32 Å². The molecule has 0 saturated carbocycles. The minimum atomic E-state index is -2.46. The van der Waals surface area contributed by atoms with E-state index < -0.39 is 18.5 Å². The van der Waals surface area contributed by atoms with E-state index >= 15 is 0 Å². The SMILES string of the molecule is CN(CC(F)F)C(=O)C1(C)CCCN1. The lowest BCUT2D eigenvalue weighted by Gasteiger charge is -2.28. The maximum absolute atomic E-state index is 12.0. The van der Waals surface area contributed by atoms with Crippen LogP contribution in [-0.4, -0.2) is 42.9 Å². The summed E-state index contributed by atoms with van der Waals surface area (Å²) in [5.41, 5.74) is -0.635. The Hall–Kier alpha value is -0.710. The number of nitrogens with one attached hydrogen (secondary N) is 1. The number of carbonyl (C=O) groups is 1. The number of alkyl halides is 2. The van der Waals surface area contributed by atoms with Gasteiger partial charge in [-0.25, -0.2) is 8.78 Å². The molecule has 5 heteroatoms. The Morgan fingerprint density at radius 1 is 1.64 bits per heavy atom. The van der Waals surface area contributed by atoms with Gasteiger partial charge in [-0.3, -0.25) is 4.79 Å². The van der Waals surface area contributed by atoms with Gasteiger partial charge in [0.15, 0.2) is 0 Å². The summed E-state index contributed by atoms with van der Waals surface area (Å²) in [6.07, 6.45) is -0.821. The fourth-order valence-corrected chi connectivity index (χ4v) is 1.79. The molecule has 1 heterocycles. The molecule has 1 unspecified atom stereocenters. The molecule has 14 heavy (non-hydrogen) atoms. The first-order chi connectivity index (χ1) is 6.46. The molecule has 1 atom stereocenters. The minimum Gasteiger partial charge on any atom is -0.338 e. The summed E-state index contributed by atoms with van der Waals surface area (Å²) in [4.78, 5) is 12.8. The van der Waals surface area contributed by atoms with Crippen LogP contribution in [0.5, 0.6) is 0 Å². The summed E-state index contributed by atoms with van der Waals surface area (Å²) in [6, 6.07) is 0. The van der Waals surface area contributed by atoms with Gasteiger partial charge < -0.3 is 10.2 Å². The molecule has 1 fully saturated rings. The summed E-state index contributed by atoms with van der Waals surface area (Å²) < 4.78 is 24.1. The third-order valence-electron chi connectivity index (χ3n) is 2.60. The summed E-state index contributed by atoms with van der Waals surface area (Å²) in [7, 11) is 1.42. The van der Waals surface area contributed by atoms with E-state index in [1.165, 1.54) is 7.05 Å². The molecule has 1 aliphatic rings. The van der Waals surface area contributed by atoms with E-state index in [0.717, 1.165) is 24.3 Å². The van der Waals surface area contributed by atoms with Crippen molar-refractivity contribution in [2.75, 3.05) is 20.1 Å². The van der Waals surface area contributed by atoms with Gasteiger partial charge in [-0.05, 0) is 26.3 Å². The van der Waals surface area contributed by atoms with Crippen molar-refractivity contribution < 1.29 is 13.6 Å². The lowest BCUT2D eigenvalue weighted by atomic mass is 9.99. The minimum absolute atomic E-state index is 0.240. The summed E-state index contributed by atoms with van der Waals surface area (Å²) in [5, 5.41) is 3.05. The van der Waals surface area contributed by atoms with Crippen LogP contribution < -0.4 is 5.32 Å². The van der Waals surface area contributed by atoms with E-state index in [9.17, 15) is 13.6 Å². The molecule has 0 aromatic rings. The second-order valence-electron chi connectivity index (χ2n) is 3.94. The fourth-order valence-electron chi connectivity index (χ4n) is 1.79. The molecule has 1 rings (SSSR count). The van der Waals surface area contributed by atoms with Crippen LogP contribution in [0.25, 0.3) is 0 Å². The summed E-state index contributed by atoms with van der Waals surface area (Å²) in [5.74, 6) is -0.240. The normalized spacial score (nSPS) is 26.9. The second kappa shape index (κ2) is 4.21. The average Bonchev–Trinajstić information content (AvgIpc) is 2.51. The van der Waals surface area contributed by atoms with E-state index in [0.29, 0.717) is 0 Å². The van der Waals surface area contributed by atoms with E-state index in [4.69, 9.17) is 0 Å². The first kappa shape index (κ1) is 11.4. The van der Waals surface area contributed by atoms with Crippen molar-refractivity contribution in [1.29, 1.82) is 0 Å². The van der Waals surface area contributed by atoms with Gasteiger partial charge in [-0.2, -0.15) is 0 Å². The third-order valence-corrected chi connectivity index (χ3v) is 2.60. The maximum atomic E-state index is 12.0. The predicted octanol–water partition coefficient (Wildman–Crippen LogP) is 0.852. The number of carbonyl (C=O) groups excluding carboxylic acids is 1. The average molecular weight is 206 g/mol. The van der Waals surface area contributed by atoms with Gasteiger partial charge in [0.25, 0.3) is 6.43 Å². The molecule has 0 aromatic heterocycles. The molecule has 0 aromatic carbocycles. The number of hydrogen-bond acceptors (Lipinski definition) is 2. The van der Waals surface area contributed by atoms with Crippen LogP contribution in [0, 0.1) is 0 Å². The molecule has 3 nitrogen and oxygen atoms in total. The van der Waals surface area contributed by atoms with E-state index in [1.807, 2.05) is 0 Å². The third kappa shape index (κ3) is 2.41. The van der Waals surface area contributed by atoms with Crippen molar-refractivity contribution in [3.05, 3.63) is 0 Å². The molecule has 0 radical (unpaired) electrons. The van der Waals surface area contributed by atoms with Gasteiger partial charge in [0.2, 0.25) is 5.91 Å². The van der Waals surface area contributed by atoms with Crippen LogP contribution in [0.1, 0.15) is 19.8 Å². The fraction of sp³-hybridized carbons (Fsp3) is 0.889. The number of nitrogens with zero attached hydrogens (tertiary/aromatic N) is 1. The Morgan fingerprint density at radius 2 is 2.29 bits per heavy atom. The van der Waals surface area contributed by atoms with Crippen LogP contribution in [0.3, 0.4) is 0 Å². The number of halogens is 2. The second-order valence-corrected chi connectivity index (χ2v) is 3.94. The maximum Gasteiger partial charge on any atom is 0.255 e. The number of rotatable bonds is 3. The highest BCUT2D eigenvalue weighted by Crippen LogP contribution is 2.20. The van der Waals surface area contributed by atoms with Crippen molar-refractivity contribution in [3.8, 4) is 0 Å². The van der Waals surface area contributed by atoms with Crippen LogP contribution in [0.4, 0.5) is 8.78 Å². The Morgan fingerprint density at radius 3 is 2.71 bits per heavy atom. The lowest BCUT2D eigenvalue weighted by Crippen LogP contribution is -2.52. The lowest BCUT2D eigenvalue weighted by molar-refractivity contribution is -0.137. The highest BCUT2D eigenvalue weighted by molar-refractivity contribution is 5.86. The molecule has 1 saturated heterocycles. The zero-order valence-electron chi connectivity index (χ0n) is 8.52. The number of hydrogen-bond donors (Lipinski definition) is 1. The quantitative estimate of drug-likeness (QED) is 0.742. The van der Waals surface area contributed by atoms with Gasteiger partial charge in [0.1, 0.15) is 0 Å². The first-order valence-corrected chi connectivity index (χ1v) is 4.74. The van der Waals surface area contributed by atoms with Crippen molar-refractivity contribution in [2.45, 2.75) is 31.7 Å². The first-order valence-electron chi connectivity index (χ1n) is 4.74. The number of likely N-dealkylation sites (N-methyl/N-ethyl adjacent to an activating group) is 1. The van der Waals surface area contributed by atoms with Gasteiger partial charge >= 0.3 is 0 Å². The highest BCUT2D eigenvalue weighted by Gasteiger charge is 2.38. The van der Waals surface area contributed by atoms with Gasteiger partial charge in [-0.1, -0.05) is 0 Å². The standard InChI is InChI=1S/C9H16F2N2O/c1-9(4-3-5-12-9)8(14)13(2)6-7(10)11/h7,12H,3-6H2,1-2H3. The molecule has 0 aliphatic carbocycles. The van der Waals surface area contributed by atoms with Crippen molar-refractivity contribution in [3.63, 3.8) is 0 Å². The number of amides is 1. The van der Waals surface area contributed by atoms with Gasteiger partial charge in [0.05, 0.1) is 12.1 Å². The monoisotopic (exact) mass is 206 g/mol. The van der Waals surface area contributed by atoms with Crippen molar-refractivity contribution in [2.24, 2.45) is 0 Å². The molecule has 1 amide bonds.